The highest BCUT2D eigenvalue weighted by molar-refractivity contribution is 7.89. The van der Waals surface area contributed by atoms with Crippen molar-refractivity contribution in [2.45, 2.75) is 58.4 Å². The van der Waals surface area contributed by atoms with Gasteiger partial charge in [0.05, 0.1) is 5.75 Å². The van der Waals surface area contributed by atoms with Crippen LogP contribution in [0.5, 0.6) is 0 Å². The van der Waals surface area contributed by atoms with Gasteiger partial charge in [-0.3, -0.25) is 0 Å². The number of sulfonamides is 1. The van der Waals surface area contributed by atoms with Crippen molar-refractivity contribution in [3.05, 3.63) is 0 Å². The third-order valence-electron chi connectivity index (χ3n) is 4.80. The molecule has 118 valence electrons. The Balaban J connectivity index is 1.84. The van der Waals surface area contributed by atoms with Crippen molar-refractivity contribution in [2.75, 3.05) is 19.0 Å². The van der Waals surface area contributed by atoms with E-state index in [-0.39, 0.29) is 17.7 Å². The van der Waals surface area contributed by atoms with E-state index in [2.05, 4.69) is 18.6 Å². The van der Waals surface area contributed by atoms with Crippen LogP contribution < -0.4 is 4.72 Å². The maximum atomic E-state index is 12.3. The van der Waals surface area contributed by atoms with E-state index in [4.69, 9.17) is 4.74 Å². The molecule has 2 rings (SSSR count). The third-order valence-corrected chi connectivity index (χ3v) is 6.40. The number of hydrogen-bond acceptors (Lipinski definition) is 3. The summed E-state index contributed by atoms with van der Waals surface area (Å²) in [6.07, 6.45) is 6.14. The van der Waals surface area contributed by atoms with Crippen LogP contribution in [0.1, 0.15) is 52.4 Å². The van der Waals surface area contributed by atoms with Crippen LogP contribution in [0.15, 0.2) is 0 Å². The summed E-state index contributed by atoms with van der Waals surface area (Å²) >= 11 is 0. The molecule has 4 nitrogen and oxygen atoms in total. The molecule has 2 atom stereocenters. The van der Waals surface area contributed by atoms with Crippen LogP contribution in [0.25, 0.3) is 0 Å². The maximum Gasteiger partial charge on any atom is 0.212 e. The summed E-state index contributed by atoms with van der Waals surface area (Å²) in [5.41, 5.74) is 0. The fraction of sp³-hybridized carbons (Fsp3) is 1.00. The lowest BCUT2D eigenvalue weighted by Crippen LogP contribution is -2.42. The zero-order valence-corrected chi connectivity index (χ0v) is 13.6. The van der Waals surface area contributed by atoms with Crippen molar-refractivity contribution < 1.29 is 13.2 Å². The monoisotopic (exact) mass is 303 g/mol. The van der Waals surface area contributed by atoms with Gasteiger partial charge in [0, 0.05) is 19.3 Å². The summed E-state index contributed by atoms with van der Waals surface area (Å²) in [7, 11) is -3.14. The molecular formula is C15H29NO3S. The summed E-state index contributed by atoms with van der Waals surface area (Å²) in [5, 5.41) is 0. The second kappa shape index (κ2) is 7.23. The van der Waals surface area contributed by atoms with Gasteiger partial charge < -0.3 is 4.74 Å². The highest BCUT2D eigenvalue weighted by Crippen LogP contribution is 2.30. The van der Waals surface area contributed by atoms with Crippen LogP contribution >= 0.6 is 0 Å². The smallest absolute Gasteiger partial charge is 0.212 e. The highest BCUT2D eigenvalue weighted by atomic mass is 32.2. The summed E-state index contributed by atoms with van der Waals surface area (Å²) in [4.78, 5) is 0. The number of hydrogen-bond donors (Lipinski definition) is 1. The molecule has 0 aromatic carbocycles. The summed E-state index contributed by atoms with van der Waals surface area (Å²) in [6, 6.07) is 0.154. The van der Waals surface area contributed by atoms with Crippen LogP contribution in [0.4, 0.5) is 0 Å². The molecule has 0 unspecified atom stereocenters. The van der Waals surface area contributed by atoms with Crippen LogP contribution in [0, 0.1) is 17.8 Å². The van der Waals surface area contributed by atoms with E-state index in [1.807, 2.05) is 0 Å². The van der Waals surface area contributed by atoms with Gasteiger partial charge in [-0.05, 0) is 43.4 Å². The van der Waals surface area contributed by atoms with Crippen molar-refractivity contribution in [3.8, 4) is 0 Å². The second-order valence-corrected chi connectivity index (χ2v) is 8.62. The van der Waals surface area contributed by atoms with E-state index in [1.54, 1.807) is 0 Å². The molecule has 0 aromatic rings. The van der Waals surface area contributed by atoms with E-state index >= 15 is 0 Å². The minimum Gasteiger partial charge on any atom is -0.381 e. The van der Waals surface area contributed by atoms with Crippen molar-refractivity contribution in [3.63, 3.8) is 0 Å². The molecule has 1 saturated carbocycles. The fourth-order valence-electron chi connectivity index (χ4n) is 3.47. The predicted molar refractivity (Wildman–Crippen MR) is 81.0 cm³/mol. The van der Waals surface area contributed by atoms with Gasteiger partial charge in [-0.2, -0.15) is 0 Å². The van der Waals surface area contributed by atoms with E-state index < -0.39 is 10.0 Å². The van der Waals surface area contributed by atoms with Crippen LogP contribution in [-0.2, 0) is 14.8 Å². The minimum atomic E-state index is -3.14. The van der Waals surface area contributed by atoms with Gasteiger partial charge in [0.25, 0.3) is 0 Å². The molecule has 0 bridgehead atoms. The minimum absolute atomic E-state index is 0.154. The molecule has 1 heterocycles. The van der Waals surface area contributed by atoms with Gasteiger partial charge >= 0.3 is 0 Å². The lowest BCUT2D eigenvalue weighted by molar-refractivity contribution is 0.0722. The molecule has 20 heavy (non-hydrogen) atoms. The van der Waals surface area contributed by atoms with Gasteiger partial charge in [-0.25, -0.2) is 13.1 Å². The largest absolute Gasteiger partial charge is 0.381 e. The Bertz CT molecular complexity index is 388. The molecule has 2 aliphatic rings. The molecule has 0 aromatic heterocycles. The van der Waals surface area contributed by atoms with Gasteiger partial charge in [-0.1, -0.05) is 26.7 Å². The van der Waals surface area contributed by atoms with Gasteiger partial charge in [0.15, 0.2) is 0 Å². The molecule has 1 saturated heterocycles. The first-order valence-electron chi connectivity index (χ1n) is 8.04. The lowest BCUT2D eigenvalue weighted by atomic mass is 9.80. The number of ether oxygens (including phenoxy) is 1. The van der Waals surface area contributed by atoms with E-state index in [9.17, 15) is 8.42 Å². The predicted octanol–water partition coefficient (Wildman–Crippen LogP) is 2.55. The molecule has 1 aliphatic heterocycles. The van der Waals surface area contributed by atoms with Crippen molar-refractivity contribution in [1.29, 1.82) is 0 Å². The van der Waals surface area contributed by atoms with Crippen LogP contribution in [0.2, 0.25) is 0 Å². The summed E-state index contributed by atoms with van der Waals surface area (Å²) in [6.45, 7) is 5.89. The first-order valence-corrected chi connectivity index (χ1v) is 9.69. The van der Waals surface area contributed by atoms with E-state index in [1.165, 1.54) is 6.42 Å². The molecule has 0 radical (unpaired) electrons. The molecule has 5 heteroatoms. The Kier molecular flexibility index (Phi) is 5.87. The molecule has 1 N–H and O–H groups in total. The number of rotatable bonds is 5. The zero-order valence-electron chi connectivity index (χ0n) is 12.8. The Morgan fingerprint density at radius 2 is 1.85 bits per heavy atom. The average molecular weight is 303 g/mol. The lowest BCUT2D eigenvalue weighted by Gasteiger charge is -2.32. The van der Waals surface area contributed by atoms with Crippen molar-refractivity contribution >= 4 is 10.0 Å². The quantitative estimate of drug-likeness (QED) is 0.849. The molecule has 0 amide bonds. The fourth-order valence-corrected chi connectivity index (χ4v) is 5.24. The van der Waals surface area contributed by atoms with Crippen molar-refractivity contribution in [2.24, 2.45) is 17.8 Å². The van der Waals surface area contributed by atoms with Gasteiger partial charge in [0.2, 0.25) is 10.0 Å². The second-order valence-electron chi connectivity index (χ2n) is 6.82. The Hall–Kier alpha value is -0.130. The van der Waals surface area contributed by atoms with Crippen LogP contribution in [0.3, 0.4) is 0 Å². The van der Waals surface area contributed by atoms with E-state index in [0.29, 0.717) is 25.0 Å². The zero-order chi connectivity index (χ0) is 14.6. The van der Waals surface area contributed by atoms with Crippen LogP contribution in [-0.4, -0.2) is 33.4 Å². The van der Waals surface area contributed by atoms with Crippen molar-refractivity contribution in [1.82, 2.24) is 4.72 Å². The normalized spacial score (nSPS) is 29.8. The molecule has 2 fully saturated rings. The topological polar surface area (TPSA) is 55.4 Å². The Labute approximate surface area is 123 Å². The highest BCUT2D eigenvalue weighted by Gasteiger charge is 2.28. The van der Waals surface area contributed by atoms with Gasteiger partial charge in [-0.15, -0.1) is 0 Å². The Morgan fingerprint density at radius 1 is 1.15 bits per heavy atom. The Morgan fingerprint density at radius 3 is 2.50 bits per heavy atom. The SMILES string of the molecule is CC(C)[C@H]1CCC[C@@H](NS(=O)(=O)CC2CCOCC2)C1. The van der Waals surface area contributed by atoms with E-state index in [0.717, 1.165) is 32.1 Å². The standard InChI is InChI=1S/C15H29NO3S/c1-12(2)14-4-3-5-15(10-14)16-20(17,18)11-13-6-8-19-9-7-13/h12-16H,3-11H2,1-2H3/t14-,15+/m0/s1. The molecule has 1 aliphatic carbocycles. The maximum absolute atomic E-state index is 12.3. The summed E-state index contributed by atoms with van der Waals surface area (Å²) in [5.74, 6) is 1.86. The van der Waals surface area contributed by atoms with Gasteiger partial charge in [0.1, 0.15) is 0 Å². The average Bonchev–Trinajstić information content (AvgIpc) is 2.39. The third kappa shape index (κ3) is 5.01. The molecule has 0 spiro atoms. The summed E-state index contributed by atoms with van der Waals surface area (Å²) < 4.78 is 32.8. The first kappa shape index (κ1) is 16.2. The first-order chi connectivity index (χ1) is 9.46. The molecular weight excluding hydrogens is 274 g/mol. The number of nitrogens with one attached hydrogen (secondary N) is 1.